The van der Waals surface area contributed by atoms with E-state index in [0.717, 1.165) is 0 Å². The summed E-state index contributed by atoms with van der Waals surface area (Å²) >= 11 is -0.312. The average Bonchev–Trinajstić information content (AvgIpc) is 2.60. The van der Waals surface area contributed by atoms with Crippen LogP contribution >= 0.6 is 24.8 Å². The molecule has 0 saturated heterocycles. The van der Waals surface area contributed by atoms with E-state index in [9.17, 15) is 0 Å². The van der Waals surface area contributed by atoms with Crippen LogP contribution in [-0.4, -0.2) is 0 Å². The summed E-state index contributed by atoms with van der Waals surface area (Å²) in [5.41, 5.74) is 0. The van der Waals surface area contributed by atoms with Crippen LogP contribution in [0.4, 0.5) is 0 Å². The van der Waals surface area contributed by atoms with Gasteiger partial charge in [-0.3, -0.25) is 0 Å². The monoisotopic (exact) mass is 293 g/mol. The van der Waals surface area contributed by atoms with Crippen molar-refractivity contribution in [3.8, 4) is 0 Å². The van der Waals surface area contributed by atoms with Crippen molar-refractivity contribution in [3.05, 3.63) is 43.0 Å². The van der Waals surface area contributed by atoms with Crippen LogP contribution in [0.1, 0.15) is 14.3 Å². The van der Waals surface area contributed by atoms with Crippen LogP contribution in [0, 0.1) is 0 Å². The molecule has 0 aromatic heterocycles. The second-order valence-electron chi connectivity index (χ2n) is 2.77. The van der Waals surface area contributed by atoms with Gasteiger partial charge in [-0.2, -0.15) is 0 Å². The topological polar surface area (TPSA) is 0 Å². The van der Waals surface area contributed by atoms with Crippen LogP contribution in [0.25, 0.3) is 0 Å². The molecule has 0 N–H and O–H groups in total. The first kappa shape index (κ1) is 13.4. The molecule has 3 heteroatoms. The standard InChI is InChI=1S/2C5H5.2ClH.Zr.H/c2*1-2-4-5-3-1;;;;/h2*1-3H,4H2;2*1H;;/q;;;;;-1. The number of rotatable bonds is 2. The molecule has 0 aromatic carbocycles. The van der Waals surface area contributed by atoms with Crippen molar-refractivity contribution >= 4 is 24.8 Å². The molecule has 0 saturated carbocycles. The van der Waals surface area contributed by atoms with Crippen molar-refractivity contribution in [2.45, 2.75) is 12.8 Å². The van der Waals surface area contributed by atoms with Gasteiger partial charge in [0.1, 0.15) is 0 Å². The van der Waals surface area contributed by atoms with Gasteiger partial charge in [-0.15, -0.1) is 24.8 Å². The van der Waals surface area contributed by atoms with E-state index >= 15 is 0 Å². The van der Waals surface area contributed by atoms with Gasteiger partial charge in [0.15, 0.2) is 0 Å². The number of hydrogen-bond donors (Lipinski definition) is 0. The first-order valence-electron chi connectivity index (χ1n) is 3.93. The summed E-state index contributed by atoms with van der Waals surface area (Å²) in [6.45, 7) is 0. The smallest absolute Gasteiger partial charge is 0.147 e. The Morgan fingerprint density at radius 2 is 1.38 bits per heavy atom. The molecular formula is C10H13Cl2Zr-. The summed E-state index contributed by atoms with van der Waals surface area (Å²) in [6.07, 6.45) is 16.0. The Bertz CT molecular complexity index is 252. The quantitative estimate of drug-likeness (QED) is 0.728. The van der Waals surface area contributed by atoms with Crippen LogP contribution in [0.3, 0.4) is 0 Å². The molecule has 0 unspecified atom stereocenters. The zero-order chi connectivity index (χ0) is 7.52. The van der Waals surface area contributed by atoms with Crippen LogP contribution in [0.15, 0.2) is 43.0 Å². The van der Waals surface area contributed by atoms with Crippen LogP contribution < -0.4 is 0 Å². The average molecular weight is 295 g/mol. The molecule has 0 aromatic rings. The predicted octanol–water partition coefficient (Wildman–Crippen LogP) is 3.71. The Morgan fingerprint density at radius 1 is 0.923 bits per heavy atom. The minimum absolute atomic E-state index is 0. The first-order chi connectivity index (χ1) is 5.45. The third-order valence-electron chi connectivity index (χ3n) is 1.86. The Morgan fingerprint density at radius 3 is 1.69 bits per heavy atom. The van der Waals surface area contributed by atoms with E-state index in [-0.39, 0.29) is 49.5 Å². The minimum Gasteiger partial charge on any atom is -1.00 e. The second kappa shape index (κ2) is 6.81. The zero-order valence-corrected chi connectivity index (χ0v) is 11.3. The maximum absolute atomic E-state index is 2.31. The van der Waals surface area contributed by atoms with Crippen LogP contribution in [0.5, 0.6) is 0 Å². The summed E-state index contributed by atoms with van der Waals surface area (Å²) in [4.78, 5) is 0. The number of allylic oxidation sites excluding steroid dienone is 8. The van der Waals surface area contributed by atoms with Gasteiger partial charge in [-0.25, -0.2) is 0 Å². The van der Waals surface area contributed by atoms with E-state index in [1.54, 1.807) is 6.56 Å². The summed E-state index contributed by atoms with van der Waals surface area (Å²) in [6, 6.07) is 0. The fourth-order valence-electron chi connectivity index (χ4n) is 1.29. The van der Waals surface area contributed by atoms with Gasteiger partial charge < -0.3 is 1.43 Å². The van der Waals surface area contributed by atoms with Gasteiger partial charge in [-0.05, 0) is 0 Å². The molecule has 0 radical (unpaired) electrons. The molecule has 0 nitrogen and oxygen atoms in total. The molecule has 0 spiro atoms. The maximum atomic E-state index is 2.31. The fourth-order valence-corrected chi connectivity index (χ4v) is 4.26. The Labute approximate surface area is 105 Å². The summed E-state index contributed by atoms with van der Waals surface area (Å²) in [5.74, 6) is 0. The van der Waals surface area contributed by atoms with Gasteiger partial charge in [0.2, 0.25) is 0 Å². The SMILES string of the molecule is C1=CC[C]([Zr][C]2=CC=CC2)=C1.Cl.Cl.[H-]. The molecule has 0 aliphatic heterocycles. The largest absolute Gasteiger partial charge is 1.00 e. The molecule has 72 valence electrons. The van der Waals surface area contributed by atoms with E-state index in [1.165, 1.54) is 12.8 Å². The molecule has 0 bridgehead atoms. The third kappa shape index (κ3) is 3.98. The molecule has 2 rings (SSSR count). The summed E-state index contributed by atoms with van der Waals surface area (Å²) < 4.78 is 3.45. The van der Waals surface area contributed by atoms with Gasteiger partial charge in [0.25, 0.3) is 0 Å². The molecule has 13 heavy (non-hydrogen) atoms. The molecule has 2 aliphatic rings. The van der Waals surface area contributed by atoms with E-state index in [1.807, 2.05) is 0 Å². The summed E-state index contributed by atoms with van der Waals surface area (Å²) in [7, 11) is 0. The van der Waals surface area contributed by atoms with E-state index in [2.05, 4.69) is 36.5 Å². The zero-order valence-electron chi connectivity index (χ0n) is 8.19. The Hall–Kier alpha value is 0.423. The molecule has 0 atom stereocenters. The van der Waals surface area contributed by atoms with E-state index in [4.69, 9.17) is 0 Å². The molecular weight excluding hydrogens is 282 g/mol. The van der Waals surface area contributed by atoms with Crippen molar-refractivity contribution in [2.75, 3.05) is 0 Å². The molecule has 2 aliphatic carbocycles. The van der Waals surface area contributed by atoms with E-state index in [0.29, 0.717) is 0 Å². The Balaban J connectivity index is 0. The van der Waals surface area contributed by atoms with Crippen molar-refractivity contribution in [1.29, 1.82) is 0 Å². The molecule has 0 heterocycles. The Kier molecular flexibility index (Phi) is 7.04. The van der Waals surface area contributed by atoms with Gasteiger partial charge in [-0.1, -0.05) is 0 Å². The minimum atomic E-state index is -0.312. The van der Waals surface area contributed by atoms with Crippen molar-refractivity contribution in [2.24, 2.45) is 0 Å². The number of halogens is 2. The second-order valence-corrected chi connectivity index (χ2v) is 6.55. The first-order valence-corrected chi connectivity index (χ1v) is 6.39. The van der Waals surface area contributed by atoms with E-state index < -0.39 is 0 Å². The molecule has 0 fully saturated rings. The van der Waals surface area contributed by atoms with Gasteiger partial charge in [0, 0.05) is 0 Å². The van der Waals surface area contributed by atoms with Gasteiger partial charge >= 0.3 is 79.1 Å². The van der Waals surface area contributed by atoms with Crippen molar-refractivity contribution in [1.82, 2.24) is 0 Å². The normalized spacial score (nSPS) is 17.2. The van der Waals surface area contributed by atoms with Crippen LogP contribution in [-0.2, 0) is 23.2 Å². The molecule has 0 amide bonds. The summed E-state index contributed by atoms with van der Waals surface area (Å²) in [5, 5.41) is 0. The van der Waals surface area contributed by atoms with Crippen molar-refractivity contribution in [3.63, 3.8) is 0 Å². The van der Waals surface area contributed by atoms with Crippen molar-refractivity contribution < 1.29 is 24.7 Å². The third-order valence-corrected chi connectivity index (χ3v) is 5.27. The number of hydrogen-bond acceptors (Lipinski definition) is 0. The predicted molar refractivity (Wildman–Crippen MR) is 59.3 cm³/mol. The van der Waals surface area contributed by atoms with Gasteiger partial charge in [0.05, 0.1) is 0 Å². The fraction of sp³-hybridized carbons (Fsp3) is 0.200. The maximum Gasteiger partial charge on any atom is -0.147 e. The van der Waals surface area contributed by atoms with Crippen LogP contribution in [0.2, 0.25) is 0 Å².